The molecule has 0 amide bonds. The highest BCUT2D eigenvalue weighted by atomic mass is 32.2. The zero-order valence-corrected chi connectivity index (χ0v) is 16.5. The summed E-state index contributed by atoms with van der Waals surface area (Å²) in [5.41, 5.74) is 3.53. The second-order valence-corrected chi connectivity index (χ2v) is 8.15. The predicted molar refractivity (Wildman–Crippen MR) is 111 cm³/mol. The minimum absolute atomic E-state index is 0.191. The van der Waals surface area contributed by atoms with Gasteiger partial charge in [-0.25, -0.2) is 15.0 Å². The van der Waals surface area contributed by atoms with Crippen LogP contribution in [0, 0.1) is 0 Å². The van der Waals surface area contributed by atoms with Crippen LogP contribution in [0.3, 0.4) is 0 Å². The first kappa shape index (κ1) is 18.1. The molecule has 0 spiro atoms. The molecule has 1 fully saturated rings. The van der Waals surface area contributed by atoms with Crippen molar-refractivity contribution in [2.24, 2.45) is 0 Å². The van der Waals surface area contributed by atoms with E-state index in [2.05, 4.69) is 36.2 Å². The van der Waals surface area contributed by atoms with Gasteiger partial charge in [-0.1, -0.05) is 12.1 Å². The summed E-state index contributed by atoms with van der Waals surface area (Å²) in [5.74, 6) is 1.51. The summed E-state index contributed by atoms with van der Waals surface area (Å²) in [7, 11) is 4.03. The lowest BCUT2D eigenvalue weighted by Crippen LogP contribution is -2.17. The van der Waals surface area contributed by atoms with Gasteiger partial charge >= 0.3 is 0 Å². The van der Waals surface area contributed by atoms with Crippen molar-refractivity contribution in [1.29, 1.82) is 0 Å². The van der Waals surface area contributed by atoms with Crippen LogP contribution >= 0.6 is 11.8 Å². The molecule has 0 bridgehead atoms. The number of imidazole rings is 1. The Morgan fingerprint density at radius 2 is 2.04 bits per heavy atom. The number of aromatic amines is 1. The predicted octanol–water partition coefficient (Wildman–Crippen LogP) is 2.75. The van der Waals surface area contributed by atoms with E-state index in [9.17, 15) is 5.11 Å². The number of hydrogen-bond donors (Lipinski definition) is 3. The number of rotatable bonds is 5. The van der Waals surface area contributed by atoms with Crippen molar-refractivity contribution in [1.82, 2.24) is 19.9 Å². The molecule has 1 saturated carbocycles. The maximum absolute atomic E-state index is 10.2. The average molecular weight is 385 g/mol. The first-order valence-corrected chi connectivity index (χ1v) is 10.3. The van der Waals surface area contributed by atoms with Gasteiger partial charge in [0.2, 0.25) is 0 Å². The fourth-order valence-electron chi connectivity index (χ4n) is 3.67. The van der Waals surface area contributed by atoms with E-state index in [0.717, 1.165) is 41.3 Å². The summed E-state index contributed by atoms with van der Waals surface area (Å²) in [5, 5.41) is 13.9. The van der Waals surface area contributed by atoms with Gasteiger partial charge in [0.15, 0.2) is 11.5 Å². The molecule has 4 rings (SSSR count). The molecule has 142 valence electrons. The third-order valence-corrected chi connectivity index (χ3v) is 6.16. The lowest BCUT2D eigenvalue weighted by atomic mass is 10.1. The second kappa shape index (κ2) is 7.36. The molecule has 0 saturated heterocycles. The van der Waals surface area contributed by atoms with Gasteiger partial charge < -0.3 is 20.3 Å². The summed E-state index contributed by atoms with van der Waals surface area (Å²) in [6.07, 6.45) is 4.94. The Morgan fingerprint density at radius 3 is 2.78 bits per heavy atom. The van der Waals surface area contributed by atoms with E-state index in [1.165, 1.54) is 6.33 Å². The number of para-hydroxylation sites is 1. The maximum Gasteiger partial charge on any atom is 0.183 e. The quantitative estimate of drug-likeness (QED) is 0.623. The van der Waals surface area contributed by atoms with E-state index in [1.54, 1.807) is 11.8 Å². The summed E-state index contributed by atoms with van der Waals surface area (Å²) in [4.78, 5) is 18.9. The first-order valence-electron chi connectivity index (χ1n) is 9.01. The van der Waals surface area contributed by atoms with E-state index in [-0.39, 0.29) is 17.4 Å². The zero-order chi connectivity index (χ0) is 19.0. The monoisotopic (exact) mass is 384 g/mol. The van der Waals surface area contributed by atoms with E-state index < -0.39 is 0 Å². The van der Waals surface area contributed by atoms with Gasteiger partial charge in [0.1, 0.15) is 17.7 Å². The molecule has 1 aliphatic rings. The summed E-state index contributed by atoms with van der Waals surface area (Å²) < 4.78 is 0. The zero-order valence-electron chi connectivity index (χ0n) is 15.7. The van der Waals surface area contributed by atoms with Crippen molar-refractivity contribution >= 4 is 34.4 Å². The fraction of sp³-hybridized carbons (Fsp3) is 0.421. The average Bonchev–Trinajstić information content (AvgIpc) is 3.25. The fourth-order valence-corrected chi connectivity index (χ4v) is 4.52. The van der Waals surface area contributed by atoms with Crippen LogP contribution in [-0.2, 0) is 0 Å². The lowest BCUT2D eigenvalue weighted by Gasteiger charge is -2.15. The highest BCUT2D eigenvalue weighted by Gasteiger charge is 2.32. The summed E-state index contributed by atoms with van der Waals surface area (Å²) in [6, 6.07) is 8.32. The summed E-state index contributed by atoms with van der Waals surface area (Å²) >= 11 is 1.72. The number of anilines is 2. The minimum atomic E-state index is -0.279. The molecule has 0 radical (unpaired) electrons. The van der Waals surface area contributed by atoms with Crippen LogP contribution in [0.5, 0.6) is 0 Å². The Bertz CT molecular complexity index is 943. The van der Waals surface area contributed by atoms with Gasteiger partial charge in [-0.2, -0.15) is 11.8 Å². The number of aliphatic hydroxyl groups excluding tert-OH is 1. The maximum atomic E-state index is 10.2. The molecule has 8 heteroatoms. The van der Waals surface area contributed by atoms with Crippen LogP contribution < -0.4 is 10.2 Å². The van der Waals surface area contributed by atoms with E-state index in [1.807, 2.05) is 38.6 Å². The molecule has 2 aromatic heterocycles. The minimum Gasteiger partial charge on any atom is -0.392 e. The van der Waals surface area contributed by atoms with Crippen molar-refractivity contribution in [2.45, 2.75) is 30.2 Å². The molecule has 3 aromatic rings. The third kappa shape index (κ3) is 3.46. The molecule has 2 heterocycles. The summed E-state index contributed by atoms with van der Waals surface area (Å²) in [6.45, 7) is 0. The van der Waals surface area contributed by atoms with E-state index in [0.29, 0.717) is 5.65 Å². The molecule has 27 heavy (non-hydrogen) atoms. The molecule has 3 N–H and O–H groups in total. The Kier molecular flexibility index (Phi) is 4.92. The number of aliphatic hydroxyl groups is 1. The van der Waals surface area contributed by atoms with Crippen molar-refractivity contribution in [3.63, 3.8) is 0 Å². The molecule has 1 aliphatic carbocycles. The van der Waals surface area contributed by atoms with Crippen LogP contribution in [0.25, 0.3) is 22.6 Å². The van der Waals surface area contributed by atoms with Gasteiger partial charge in [0, 0.05) is 36.6 Å². The topological polar surface area (TPSA) is 90.0 Å². The van der Waals surface area contributed by atoms with Crippen LogP contribution in [-0.4, -0.2) is 62.8 Å². The molecule has 7 nitrogen and oxygen atoms in total. The van der Waals surface area contributed by atoms with Crippen molar-refractivity contribution in [2.75, 3.05) is 30.6 Å². The van der Waals surface area contributed by atoms with Crippen LogP contribution in [0.2, 0.25) is 0 Å². The number of H-pyrrole nitrogens is 1. The molecule has 3 atom stereocenters. The van der Waals surface area contributed by atoms with Gasteiger partial charge in [-0.3, -0.25) is 0 Å². The van der Waals surface area contributed by atoms with Crippen molar-refractivity contribution < 1.29 is 5.11 Å². The smallest absolute Gasteiger partial charge is 0.183 e. The van der Waals surface area contributed by atoms with Gasteiger partial charge in [0.05, 0.1) is 6.10 Å². The Labute approximate surface area is 162 Å². The standard InChI is InChI=1S/C19H24N6OS/c1-25(2)13-7-5-4-6-12(13)17-23-16-18(20-10-21-19(16)24-17)22-11-8-14(26)15(9-11)27-3/h4-7,10-11,14-15,26H,8-9H2,1-3H3,(H2,20,21,22,23,24)/t11-,14+,15+/m1/s1. The van der Waals surface area contributed by atoms with Gasteiger partial charge in [-0.15, -0.1) is 0 Å². The number of nitrogens with one attached hydrogen (secondary N) is 2. The van der Waals surface area contributed by atoms with E-state index in [4.69, 9.17) is 0 Å². The largest absolute Gasteiger partial charge is 0.392 e. The van der Waals surface area contributed by atoms with Crippen LogP contribution in [0.15, 0.2) is 30.6 Å². The highest BCUT2D eigenvalue weighted by Crippen LogP contribution is 2.33. The molecule has 0 unspecified atom stereocenters. The number of hydrogen-bond acceptors (Lipinski definition) is 7. The normalized spacial score (nSPS) is 22.3. The Morgan fingerprint density at radius 1 is 1.22 bits per heavy atom. The molecule has 0 aliphatic heterocycles. The van der Waals surface area contributed by atoms with Crippen molar-refractivity contribution in [3.8, 4) is 11.4 Å². The molecular weight excluding hydrogens is 360 g/mol. The molecule has 1 aromatic carbocycles. The molecular formula is C19H24N6OS. The van der Waals surface area contributed by atoms with Gasteiger partial charge in [-0.05, 0) is 31.2 Å². The first-order chi connectivity index (χ1) is 13.1. The number of fused-ring (bicyclic) bond motifs is 1. The lowest BCUT2D eigenvalue weighted by molar-refractivity contribution is 0.187. The van der Waals surface area contributed by atoms with E-state index >= 15 is 0 Å². The Balaban J connectivity index is 1.67. The SMILES string of the molecule is CS[C@H]1C[C@H](Nc2ncnc3nc(-c4ccccc4N(C)C)[nH]c23)C[C@@H]1O. The van der Waals surface area contributed by atoms with Gasteiger partial charge in [0.25, 0.3) is 0 Å². The van der Waals surface area contributed by atoms with Crippen molar-refractivity contribution in [3.05, 3.63) is 30.6 Å². The van der Waals surface area contributed by atoms with Crippen LogP contribution in [0.4, 0.5) is 11.5 Å². The highest BCUT2D eigenvalue weighted by molar-refractivity contribution is 7.99. The Hall–Kier alpha value is -2.32. The van der Waals surface area contributed by atoms with Crippen LogP contribution in [0.1, 0.15) is 12.8 Å². The number of thioether (sulfide) groups is 1. The number of nitrogens with zero attached hydrogens (tertiary/aromatic N) is 4. The third-order valence-electron chi connectivity index (χ3n) is 5.04. The number of benzene rings is 1. The second-order valence-electron chi connectivity index (χ2n) is 7.07. The number of aromatic nitrogens is 4.